The molecule has 0 saturated carbocycles. The lowest BCUT2D eigenvalue weighted by Crippen LogP contribution is -2.07. The average molecular weight is 273 g/mol. The Bertz CT molecular complexity index is 656. The van der Waals surface area contributed by atoms with Crippen molar-refractivity contribution in [2.75, 3.05) is 5.43 Å². The molecule has 0 fully saturated rings. The van der Waals surface area contributed by atoms with Crippen molar-refractivity contribution in [3.05, 3.63) is 57.6 Å². The summed E-state index contributed by atoms with van der Waals surface area (Å²) in [6.45, 7) is 3.86. The van der Waals surface area contributed by atoms with Crippen molar-refractivity contribution in [1.82, 2.24) is 0 Å². The van der Waals surface area contributed by atoms with E-state index in [4.69, 9.17) is 10.6 Å². The molecule has 0 unspecified atom stereocenters. The summed E-state index contributed by atoms with van der Waals surface area (Å²) in [5.74, 6) is 6.33. The predicted octanol–water partition coefficient (Wildman–Crippen LogP) is 3.29. The van der Waals surface area contributed by atoms with Crippen LogP contribution in [0.5, 0.6) is 11.5 Å². The number of nitrogens with zero attached hydrogens (tertiary/aromatic N) is 1. The number of nitrogen functional groups attached to an aromatic ring is 1. The van der Waals surface area contributed by atoms with Crippen LogP contribution in [0, 0.1) is 24.0 Å². The molecule has 0 bridgehead atoms. The monoisotopic (exact) mass is 273 g/mol. The van der Waals surface area contributed by atoms with Gasteiger partial charge in [0.2, 0.25) is 0 Å². The summed E-state index contributed by atoms with van der Waals surface area (Å²) in [4.78, 5) is 10.4. The lowest BCUT2D eigenvalue weighted by Gasteiger charge is -2.10. The van der Waals surface area contributed by atoms with Crippen molar-refractivity contribution in [3.63, 3.8) is 0 Å². The second-order valence-electron chi connectivity index (χ2n) is 4.49. The topological polar surface area (TPSA) is 90.4 Å². The molecule has 0 aliphatic carbocycles. The highest BCUT2D eigenvalue weighted by Gasteiger charge is 2.11. The number of hydrazine groups is 1. The molecule has 0 amide bonds. The zero-order chi connectivity index (χ0) is 14.7. The normalized spacial score (nSPS) is 10.2. The first-order valence-corrected chi connectivity index (χ1v) is 6.01. The molecule has 2 aromatic rings. The average Bonchev–Trinajstić information content (AvgIpc) is 2.42. The molecule has 0 aliphatic heterocycles. The van der Waals surface area contributed by atoms with Gasteiger partial charge in [-0.15, -0.1) is 0 Å². The molecule has 6 nitrogen and oxygen atoms in total. The maximum Gasteiger partial charge on any atom is 0.275 e. The van der Waals surface area contributed by atoms with Gasteiger partial charge in [-0.3, -0.25) is 16.0 Å². The molecule has 2 rings (SSSR count). The van der Waals surface area contributed by atoms with E-state index in [2.05, 4.69) is 5.43 Å². The lowest BCUT2D eigenvalue weighted by atomic mass is 10.1. The SMILES string of the molecule is Cc1ccc(C)c(Oc2cc(NN)cc([N+](=O)[O-])c2)c1. The zero-order valence-electron chi connectivity index (χ0n) is 11.2. The highest BCUT2D eigenvalue weighted by Crippen LogP contribution is 2.31. The van der Waals surface area contributed by atoms with Crippen LogP contribution < -0.4 is 16.0 Å². The van der Waals surface area contributed by atoms with Gasteiger partial charge in [-0.2, -0.15) is 0 Å². The number of ether oxygens (including phenoxy) is 1. The first-order valence-electron chi connectivity index (χ1n) is 6.01. The van der Waals surface area contributed by atoms with Gasteiger partial charge in [0.05, 0.1) is 16.7 Å². The molecule has 3 N–H and O–H groups in total. The first-order chi connectivity index (χ1) is 9.49. The Kier molecular flexibility index (Phi) is 3.86. The number of aryl methyl sites for hydroxylation is 2. The van der Waals surface area contributed by atoms with Crippen LogP contribution in [0.3, 0.4) is 0 Å². The van der Waals surface area contributed by atoms with Crippen molar-refractivity contribution in [3.8, 4) is 11.5 Å². The van der Waals surface area contributed by atoms with Gasteiger partial charge in [-0.1, -0.05) is 12.1 Å². The number of hydrogen-bond donors (Lipinski definition) is 2. The van der Waals surface area contributed by atoms with Crippen LogP contribution in [0.15, 0.2) is 36.4 Å². The minimum absolute atomic E-state index is 0.0826. The lowest BCUT2D eigenvalue weighted by molar-refractivity contribution is -0.384. The van der Waals surface area contributed by atoms with Crippen molar-refractivity contribution >= 4 is 11.4 Å². The van der Waals surface area contributed by atoms with Gasteiger partial charge in [0.15, 0.2) is 0 Å². The second-order valence-corrected chi connectivity index (χ2v) is 4.49. The number of non-ortho nitro benzene ring substituents is 1. The third-order valence-electron chi connectivity index (χ3n) is 2.84. The van der Waals surface area contributed by atoms with Crippen molar-refractivity contribution in [2.45, 2.75) is 13.8 Å². The maximum absolute atomic E-state index is 10.9. The summed E-state index contributed by atoms with van der Waals surface area (Å²) in [6.07, 6.45) is 0. The van der Waals surface area contributed by atoms with E-state index in [1.54, 1.807) is 6.07 Å². The Hall–Kier alpha value is -2.60. The van der Waals surface area contributed by atoms with Crippen molar-refractivity contribution in [1.29, 1.82) is 0 Å². The molecule has 0 heterocycles. The number of nitro groups is 1. The van der Waals surface area contributed by atoms with Gasteiger partial charge in [-0.25, -0.2) is 0 Å². The smallest absolute Gasteiger partial charge is 0.275 e. The van der Waals surface area contributed by atoms with Gasteiger partial charge in [-0.05, 0) is 31.0 Å². The summed E-state index contributed by atoms with van der Waals surface area (Å²) in [6, 6.07) is 10.1. The molecular weight excluding hydrogens is 258 g/mol. The number of nitro benzene ring substituents is 1. The van der Waals surface area contributed by atoms with Gasteiger partial charge < -0.3 is 10.2 Å². The van der Waals surface area contributed by atoms with Crippen LogP contribution >= 0.6 is 0 Å². The molecule has 0 spiro atoms. The van der Waals surface area contributed by atoms with E-state index in [0.29, 0.717) is 17.2 Å². The summed E-state index contributed by atoms with van der Waals surface area (Å²) in [7, 11) is 0. The molecule has 0 aliphatic rings. The molecular formula is C14H15N3O3. The molecule has 6 heteroatoms. The summed E-state index contributed by atoms with van der Waals surface area (Å²) in [5.41, 5.74) is 4.72. The summed E-state index contributed by atoms with van der Waals surface area (Å²) < 4.78 is 5.72. The van der Waals surface area contributed by atoms with Crippen molar-refractivity contribution < 1.29 is 9.66 Å². The Balaban J connectivity index is 2.39. The third kappa shape index (κ3) is 3.04. The molecule has 0 radical (unpaired) electrons. The third-order valence-corrected chi connectivity index (χ3v) is 2.84. The number of hydrogen-bond acceptors (Lipinski definition) is 5. The van der Waals surface area contributed by atoms with E-state index < -0.39 is 4.92 Å². The minimum atomic E-state index is -0.489. The van der Waals surface area contributed by atoms with Crippen LogP contribution in [0.4, 0.5) is 11.4 Å². The van der Waals surface area contributed by atoms with Crippen LogP contribution in [0.1, 0.15) is 11.1 Å². The molecule has 0 aromatic heterocycles. The summed E-state index contributed by atoms with van der Waals surface area (Å²) in [5, 5.41) is 10.9. The number of nitrogens with two attached hydrogens (primary N) is 1. The Morgan fingerprint density at radius 2 is 1.95 bits per heavy atom. The highest BCUT2D eigenvalue weighted by molar-refractivity contribution is 5.56. The number of rotatable bonds is 4. The first kappa shape index (κ1) is 13.8. The molecule has 0 saturated heterocycles. The second kappa shape index (κ2) is 5.58. The quantitative estimate of drug-likeness (QED) is 0.506. The standard InChI is InChI=1S/C14H15N3O3/c1-9-3-4-10(2)14(5-9)20-13-7-11(16-15)6-12(8-13)17(18)19/h3-8,16H,15H2,1-2H3. The van der Waals surface area contributed by atoms with E-state index >= 15 is 0 Å². The van der Waals surface area contributed by atoms with Crippen molar-refractivity contribution in [2.24, 2.45) is 5.84 Å². The number of benzene rings is 2. The van der Waals surface area contributed by atoms with Gasteiger partial charge >= 0.3 is 0 Å². The molecule has 20 heavy (non-hydrogen) atoms. The molecule has 104 valence electrons. The Labute approximate surface area is 116 Å². The fourth-order valence-corrected chi connectivity index (χ4v) is 1.78. The molecule has 0 atom stereocenters. The van der Waals surface area contributed by atoms with Crippen LogP contribution in [0.25, 0.3) is 0 Å². The molecule has 2 aromatic carbocycles. The predicted molar refractivity (Wildman–Crippen MR) is 76.9 cm³/mol. The van der Waals surface area contributed by atoms with Gasteiger partial charge in [0.25, 0.3) is 5.69 Å². The number of nitrogens with one attached hydrogen (secondary N) is 1. The minimum Gasteiger partial charge on any atom is -0.457 e. The van der Waals surface area contributed by atoms with Crippen LogP contribution in [0.2, 0.25) is 0 Å². The van der Waals surface area contributed by atoms with Crippen LogP contribution in [-0.2, 0) is 0 Å². The van der Waals surface area contributed by atoms with E-state index in [1.807, 2.05) is 32.0 Å². The maximum atomic E-state index is 10.9. The van der Waals surface area contributed by atoms with E-state index in [1.165, 1.54) is 12.1 Å². The zero-order valence-corrected chi connectivity index (χ0v) is 11.2. The fraction of sp³-hybridized carbons (Fsp3) is 0.143. The largest absolute Gasteiger partial charge is 0.457 e. The van der Waals surface area contributed by atoms with E-state index in [-0.39, 0.29) is 5.69 Å². The van der Waals surface area contributed by atoms with Gasteiger partial charge in [0, 0.05) is 12.1 Å². The van der Waals surface area contributed by atoms with Gasteiger partial charge in [0.1, 0.15) is 11.5 Å². The fourth-order valence-electron chi connectivity index (χ4n) is 1.78. The van der Waals surface area contributed by atoms with Crippen LogP contribution in [-0.4, -0.2) is 4.92 Å². The Morgan fingerprint density at radius 3 is 2.60 bits per heavy atom. The van der Waals surface area contributed by atoms with E-state index in [0.717, 1.165) is 11.1 Å². The Morgan fingerprint density at radius 1 is 1.20 bits per heavy atom. The highest BCUT2D eigenvalue weighted by atomic mass is 16.6. The summed E-state index contributed by atoms with van der Waals surface area (Å²) >= 11 is 0. The number of anilines is 1. The van der Waals surface area contributed by atoms with E-state index in [9.17, 15) is 10.1 Å².